The second-order valence-corrected chi connectivity index (χ2v) is 6.24. The van der Waals surface area contributed by atoms with Crippen molar-refractivity contribution in [3.8, 4) is 0 Å². The van der Waals surface area contributed by atoms with Crippen molar-refractivity contribution >= 4 is 27.5 Å². The van der Waals surface area contributed by atoms with E-state index in [1.165, 1.54) is 11.1 Å². The summed E-state index contributed by atoms with van der Waals surface area (Å²) in [6, 6.07) is 11.4. The van der Waals surface area contributed by atoms with Gasteiger partial charge in [0.25, 0.3) is 5.91 Å². The number of anilines is 1. The molecule has 0 bridgehead atoms. The van der Waals surface area contributed by atoms with Gasteiger partial charge in [-0.1, -0.05) is 39.7 Å². The molecule has 0 aromatic heterocycles. The Morgan fingerprint density at radius 1 is 1.19 bits per heavy atom. The summed E-state index contributed by atoms with van der Waals surface area (Å²) >= 11 is 3.35. The number of rotatable bonds is 3. The van der Waals surface area contributed by atoms with Gasteiger partial charge in [0.2, 0.25) is 0 Å². The molecule has 1 amide bonds. The first-order chi connectivity index (χ1) is 9.86. The predicted molar refractivity (Wildman–Crippen MR) is 90.4 cm³/mol. The van der Waals surface area contributed by atoms with Gasteiger partial charge in [-0.2, -0.15) is 0 Å². The topological polar surface area (TPSA) is 55.1 Å². The molecule has 1 unspecified atom stereocenters. The van der Waals surface area contributed by atoms with Gasteiger partial charge in [-0.05, 0) is 50.1 Å². The first kappa shape index (κ1) is 15.6. The van der Waals surface area contributed by atoms with E-state index in [1.807, 2.05) is 6.92 Å². The van der Waals surface area contributed by atoms with Gasteiger partial charge >= 0.3 is 0 Å². The van der Waals surface area contributed by atoms with Crippen LogP contribution in [0.1, 0.15) is 40.0 Å². The number of carbonyl (C=O) groups excluding carboxylic acids is 1. The highest BCUT2D eigenvalue weighted by molar-refractivity contribution is 9.10. The SMILES string of the molecule is Cc1ccc(C(C)NC(=O)c2cc(N)cc(Br)c2)c(C)c1. The number of aryl methyl sites for hydroxylation is 2. The van der Waals surface area contributed by atoms with E-state index in [0.29, 0.717) is 11.3 Å². The highest BCUT2D eigenvalue weighted by atomic mass is 79.9. The van der Waals surface area contributed by atoms with Crippen molar-refractivity contribution in [2.24, 2.45) is 0 Å². The highest BCUT2D eigenvalue weighted by Crippen LogP contribution is 2.21. The largest absolute Gasteiger partial charge is 0.399 e. The normalized spacial score (nSPS) is 12.0. The summed E-state index contributed by atoms with van der Waals surface area (Å²) in [4.78, 5) is 12.3. The van der Waals surface area contributed by atoms with Gasteiger partial charge in [-0.3, -0.25) is 4.79 Å². The van der Waals surface area contributed by atoms with Gasteiger partial charge in [-0.25, -0.2) is 0 Å². The number of hydrogen-bond donors (Lipinski definition) is 2. The summed E-state index contributed by atoms with van der Waals surface area (Å²) in [6.45, 7) is 6.10. The molecule has 0 radical (unpaired) electrons. The molecule has 0 aliphatic rings. The van der Waals surface area contributed by atoms with Crippen LogP contribution in [0.4, 0.5) is 5.69 Å². The predicted octanol–water partition coefficient (Wildman–Crippen LogP) is 4.14. The number of benzene rings is 2. The smallest absolute Gasteiger partial charge is 0.251 e. The molecule has 3 N–H and O–H groups in total. The van der Waals surface area contributed by atoms with Crippen LogP contribution in [-0.2, 0) is 0 Å². The fraction of sp³-hybridized carbons (Fsp3) is 0.235. The van der Waals surface area contributed by atoms with E-state index in [4.69, 9.17) is 5.73 Å². The Hall–Kier alpha value is -1.81. The zero-order valence-corrected chi connectivity index (χ0v) is 14.0. The lowest BCUT2D eigenvalue weighted by Crippen LogP contribution is -2.27. The van der Waals surface area contributed by atoms with E-state index < -0.39 is 0 Å². The summed E-state index contributed by atoms with van der Waals surface area (Å²) in [5.74, 6) is -0.129. The van der Waals surface area contributed by atoms with E-state index in [2.05, 4.69) is 53.3 Å². The minimum atomic E-state index is -0.129. The van der Waals surface area contributed by atoms with Gasteiger partial charge in [-0.15, -0.1) is 0 Å². The molecule has 3 nitrogen and oxygen atoms in total. The third kappa shape index (κ3) is 3.85. The fourth-order valence-corrected chi connectivity index (χ4v) is 2.92. The maximum atomic E-state index is 12.3. The standard InChI is InChI=1S/C17H19BrN2O/c1-10-4-5-16(11(2)6-10)12(3)20-17(21)13-7-14(18)9-15(19)8-13/h4-9,12H,19H2,1-3H3,(H,20,21). The van der Waals surface area contributed by atoms with Crippen molar-refractivity contribution in [3.05, 3.63) is 63.1 Å². The summed E-state index contributed by atoms with van der Waals surface area (Å²) < 4.78 is 0.798. The molecule has 0 saturated carbocycles. The van der Waals surface area contributed by atoms with Crippen molar-refractivity contribution < 1.29 is 4.79 Å². The molecular formula is C17H19BrN2O. The highest BCUT2D eigenvalue weighted by Gasteiger charge is 2.14. The molecule has 21 heavy (non-hydrogen) atoms. The van der Waals surface area contributed by atoms with E-state index in [9.17, 15) is 4.79 Å². The van der Waals surface area contributed by atoms with Crippen molar-refractivity contribution in [2.45, 2.75) is 26.8 Å². The van der Waals surface area contributed by atoms with Crippen LogP contribution in [0, 0.1) is 13.8 Å². The lowest BCUT2D eigenvalue weighted by molar-refractivity contribution is 0.0940. The Labute approximate surface area is 133 Å². The van der Waals surface area contributed by atoms with Crippen LogP contribution in [0.15, 0.2) is 40.9 Å². The molecule has 1 atom stereocenters. The van der Waals surface area contributed by atoms with E-state index >= 15 is 0 Å². The van der Waals surface area contributed by atoms with Crippen LogP contribution in [0.25, 0.3) is 0 Å². The molecule has 0 aliphatic heterocycles. The molecule has 2 aromatic carbocycles. The van der Waals surface area contributed by atoms with E-state index in [1.54, 1.807) is 18.2 Å². The van der Waals surface area contributed by atoms with Gasteiger partial charge in [0.1, 0.15) is 0 Å². The Morgan fingerprint density at radius 3 is 2.52 bits per heavy atom. The number of amides is 1. The second-order valence-electron chi connectivity index (χ2n) is 5.33. The van der Waals surface area contributed by atoms with Crippen LogP contribution < -0.4 is 11.1 Å². The third-order valence-corrected chi connectivity index (χ3v) is 3.88. The minimum absolute atomic E-state index is 0.0571. The Morgan fingerprint density at radius 2 is 1.90 bits per heavy atom. The van der Waals surface area contributed by atoms with Crippen molar-refractivity contribution in [1.82, 2.24) is 5.32 Å². The average Bonchev–Trinajstić information content (AvgIpc) is 2.37. The van der Waals surface area contributed by atoms with Gasteiger partial charge in [0.15, 0.2) is 0 Å². The lowest BCUT2D eigenvalue weighted by Gasteiger charge is -2.17. The number of carbonyl (C=O) groups is 1. The molecular weight excluding hydrogens is 328 g/mol. The molecule has 0 spiro atoms. The van der Waals surface area contributed by atoms with Gasteiger partial charge in [0.05, 0.1) is 6.04 Å². The first-order valence-corrected chi connectivity index (χ1v) is 7.60. The maximum Gasteiger partial charge on any atom is 0.251 e. The van der Waals surface area contributed by atoms with E-state index in [0.717, 1.165) is 10.0 Å². The fourth-order valence-electron chi connectivity index (χ4n) is 2.41. The lowest BCUT2D eigenvalue weighted by atomic mass is 10.00. The van der Waals surface area contributed by atoms with Crippen molar-refractivity contribution in [3.63, 3.8) is 0 Å². The Bertz CT molecular complexity index is 662. The number of nitrogens with two attached hydrogens (primary N) is 1. The molecule has 0 aliphatic carbocycles. The van der Waals surface area contributed by atoms with Crippen LogP contribution in [0.3, 0.4) is 0 Å². The molecule has 0 heterocycles. The monoisotopic (exact) mass is 346 g/mol. The molecule has 110 valence electrons. The Balaban J connectivity index is 2.18. The van der Waals surface area contributed by atoms with Crippen molar-refractivity contribution in [2.75, 3.05) is 5.73 Å². The van der Waals surface area contributed by atoms with Crippen LogP contribution in [0.5, 0.6) is 0 Å². The molecule has 2 aromatic rings. The summed E-state index contributed by atoms with van der Waals surface area (Å²) in [7, 11) is 0. The molecule has 2 rings (SSSR count). The first-order valence-electron chi connectivity index (χ1n) is 6.81. The third-order valence-electron chi connectivity index (χ3n) is 3.42. The molecule has 0 fully saturated rings. The second kappa shape index (κ2) is 6.31. The number of halogens is 1. The summed E-state index contributed by atoms with van der Waals surface area (Å²) in [5, 5.41) is 3.01. The summed E-state index contributed by atoms with van der Waals surface area (Å²) in [6.07, 6.45) is 0. The minimum Gasteiger partial charge on any atom is -0.399 e. The average molecular weight is 347 g/mol. The van der Waals surface area contributed by atoms with E-state index in [-0.39, 0.29) is 11.9 Å². The van der Waals surface area contributed by atoms with Crippen LogP contribution in [0.2, 0.25) is 0 Å². The molecule has 4 heteroatoms. The van der Waals surface area contributed by atoms with Gasteiger partial charge < -0.3 is 11.1 Å². The molecule has 0 saturated heterocycles. The van der Waals surface area contributed by atoms with Crippen molar-refractivity contribution in [1.29, 1.82) is 0 Å². The maximum absolute atomic E-state index is 12.3. The number of nitrogens with one attached hydrogen (secondary N) is 1. The quantitative estimate of drug-likeness (QED) is 0.820. The van der Waals surface area contributed by atoms with Crippen LogP contribution in [-0.4, -0.2) is 5.91 Å². The number of nitrogen functional groups attached to an aromatic ring is 1. The number of hydrogen-bond acceptors (Lipinski definition) is 2. The summed E-state index contributed by atoms with van der Waals surface area (Å²) in [5.41, 5.74) is 10.4. The van der Waals surface area contributed by atoms with Crippen LogP contribution >= 0.6 is 15.9 Å². The Kier molecular flexibility index (Phi) is 4.68. The zero-order chi connectivity index (χ0) is 15.6. The van der Waals surface area contributed by atoms with Gasteiger partial charge in [0, 0.05) is 15.7 Å². The zero-order valence-electron chi connectivity index (χ0n) is 12.4.